The molecule has 27 heavy (non-hydrogen) atoms. The van der Waals surface area contributed by atoms with E-state index < -0.39 is 0 Å². The first kappa shape index (κ1) is 20.0. The van der Waals surface area contributed by atoms with E-state index in [0.717, 1.165) is 0 Å². The highest BCUT2D eigenvalue weighted by Gasteiger charge is 2.41. The Morgan fingerprint density at radius 3 is 1.74 bits per heavy atom. The molecule has 1 heteroatoms. The van der Waals surface area contributed by atoms with Gasteiger partial charge in [-0.2, -0.15) is 0 Å². The molecule has 0 amide bonds. The molecule has 1 nitrogen and oxygen atoms in total. The molecule has 0 aromatic heterocycles. The van der Waals surface area contributed by atoms with Crippen LogP contribution < -0.4 is 0 Å². The summed E-state index contributed by atoms with van der Waals surface area (Å²) in [6.45, 7) is 12.1. The third-order valence-electron chi connectivity index (χ3n) is 7.00. The lowest BCUT2D eigenvalue weighted by atomic mass is 9.59. The Morgan fingerprint density at radius 1 is 0.778 bits per heavy atom. The maximum absolute atomic E-state index is 9.73. The zero-order chi connectivity index (χ0) is 19.7. The molecule has 0 heterocycles. The van der Waals surface area contributed by atoms with Crippen LogP contribution in [-0.4, -0.2) is 5.11 Å². The molecule has 4 unspecified atom stereocenters. The van der Waals surface area contributed by atoms with E-state index in [9.17, 15) is 5.11 Å². The summed E-state index contributed by atoms with van der Waals surface area (Å²) in [6.07, 6.45) is 4.88. The molecule has 0 radical (unpaired) electrons. The molecule has 2 aromatic rings. The fourth-order valence-electron chi connectivity index (χ4n) is 5.65. The van der Waals surface area contributed by atoms with Crippen molar-refractivity contribution in [1.29, 1.82) is 0 Å². The molecule has 0 spiro atoms. The lowest BCUT2D eigenvalue weighted by Gasteiger charge is -2.46. The number of rotatable bonds is 3. The van der Waals surface area contributed by atoms with Crippen LogP contribution in [0.15, 0.2) is 54.6 Å². The Labute approximate surface area is 165 Å². The molecule has 0 bridgehead atoms. The molecule has 3 rings (SSSR count). The van der Waals surface area contributed by atoms with Gasteiger partial charge in [-0.05, 0) is 77.5 Å². The highest BCUT2D eigenvalue weighted by Crippen LogP contribution is 2.49. The summed E-state index contributed by atoms with van der Waals surface area (Å²) in [5.74, 6) is 2.36. The van der Waals surface area contributed by atoms with E-state index in [4.69, 9.17) is 0 Å². The van der Waals surface area contributed by atoms with Gasteiger partial charge in [0.15, 0.2) is 0 Å². The van der Waals surface area contributed by atoms with Crippen LogP contribution in [0, 0.1) is 17.8 Å². The normalized spacial score (nSPS) is 32.1. The number of benzene rings is 2. The monoisotopic (exact) mass is 364 g/mol. The summed E-state index contributed by atoms with van der Waals surface area (Å²) in [5, 5.41) is 9.73. The summed E-state index contributed by atoms with van der Waals surface area (Å²) in [6, 6.07) is 19.1. The Hall–Kier alpha value is -1.76. The first-order valence-corrected chi connectivity index (χ1v) is 10.6. The minimum Gasteiger partial charge on any atom is -0.508 e. The van der Waals surface area contributed by atoms with Crippen molar-refractivity contribution in [1.82, 2.24) is 0 Å². The molecule has 1 fully saturated rings. The zero-order valence-electron chi connectivity index (χ0n) is 17.7. The topological polar surface area (TPSA) is 20.2 Å². The van der Waals surface area contributed by atoms with E-state index in [1.165, 1.54) is 36.8 Å². The molecule has 0 saturated heterocycles. The largest absolute Gasteiger partial charge is 0.508 e. The molecule has 1 aliphatic carbocycles. The van der Waals surface area contributed by atoms with Crippen molar-refractivity contribution in [3.63, 3.8) is 0 Å². The molecule has 0 aliphatic heterocycles. The third kappa shape index (κ3) is 4.39. The predicted molar refractivity (Wildman–Crippen MR) is 115 cm³/mol. The summed E-state index contributed by atoms with van der Waals surface area (Å²) < 4.78 is 0. The van der Waals surface area contributed by atoms with Crippen molar-refractivity contribution >= 4 is 0 Å². The summed E-state index contributed by atoms with van der Waals surface area (Å²) >= 11 is 0. The van der Waals surface area contributed by atoms with Gasteiger partial charge in [0.2, 0.25) is 0 Å². The summed E-state index contributed by atoms with van der Waals surface area (Å²) in [5.41, 5.74) is 3.28. The minimum absolute atomic E-state index is 0.167. The van der Waals surface area contributed by atoms with Crippen LogP contribution in [0.2, 0.25) is 0 Å². The van der Waals surface area contributed by atoms with E-state index in [-0.39, 0.29) is 10.8 Å². The average molecular weight is 365 g/mol. The Kier molecular flexibility index (Phi) is 5.70. The molecule has 1 N–H and O–H groups in total. The van der Waals surface area contributed by atoms with Crippen LogP contribution >= 0.6 is 0 Å². The highest BCUT2D eigenvalue weighted by molar-refractivity contribution is 5.32. The first-order valence-electron chi connectivity index (χ1n) is 10.6. The van der Waals surface area contributed by atoms with Gasteiger partial charge in [-0.15, -0.1) is 0 Å². The van der Waals surface area contributed by atoms with Crippen LogP contribution in [0.5, 0.6) is 5.75 Å². The second kappa shape index (κ2) is 7.70. The molecule has 1 aliphatic rings. The minimum atomic E-state index is 0.167. The van der Waals surface area contributed by atoms with E-state index >= 15 is 0 Å². The number of phenols is 1. The van der Waals surface area contributed by atoms with Crippen molar-refractivity contribution in [3.05, 3.63) is 65.7 Å². The van der Waals surface area contributed by atoms with Gasteiger partial charge in [-0.1, -0.05) is 77.1 Å². The van der Waals surface area contributed by atoms with Gasteiger partial charge >= 0.3 is 0 Å². The quantitative estimate of drug-likeness (QED) is 0.616. The molecule has 1 saturated carbocycles. The van der Waals surface area contributed by atoms with Crippen LogP contribution in [0.4, 0.5) is 0 Å². The van der Waals surface area contributed by atoms with Crippen molar-refractivity contribution < 1.29 is 5.11 Å². The van der Waals surface area contributed by atoms with Crippen LogP contribution in [-0.2, 0) is 10.8 Å². The maximum atomic E-state index is 9.73. The van der Waals surface area contributed by atoms with Crippen molar-refractivity contribution in [2.24, 2.45) is 17.8 Å². The van der Waals surface area contributed by atoms with E-state index in [0.29, 0.717) is 23.5 Å². The molecular weight excluding hydrogens is 328 g/mol. The molecule has 4 atom stereocenters. The smallest absolute Gasteiger partial charge is 0.115 e. The second-order valence-corrected chi connectivity index (χ2v) is 9.96. The molecule has 2 aromatic carbocycles. The van der Waals surface area contributed by atoms with Crippen molar-refractivity contribution in [2.45, 2.75) is 71.1 Å². The van der Waals surface area contributed by atoms with Gasteiger partial charge in [0.05, 0.1) is 0 Å². The van der Waals surface area contributed by atoms with Crippen LogP contribution in [0.1, 0.15) is 71.4 Å². The SMILES string of the molecule is CC1CC(C)(c2ccccc2)CC(C(C)C)CC(C)(c2ccc(O)cc2)C1. The fraction of sp³-hybridized carbons (Fsp3) is 0.538. The number of hydrogen-bond donors (Lipinski definition) is 1. The second-order valence-electron chi connectivity index (χ2n) is 9.96. The van der Waals surface area contributed by atoms with Gasteiger partial charge in [-0.25, -0.2) is 0 Å². The van der Waals surface area contributed by atoms with Gasteiger partial charge in [0.1, 0.15) is 5.75 Å². The van der Waals surface area contributed by atoms with E-state index in [1.807, 2.05) is 12.1 Å². The van der Waals surface area contributed by atoms with Crippen LogP contribution in [0.3, 0.4) is 0 Å². The molecular formula is C26H36O. The zero-order valence-corrected chi connectivity index (χ0v) is 17.7. The highest BCUT2D eigenvalue weighted by atomic mass is 16.3. The number of aromatic hydroxyl groups is 1. The Bertz CT molecular complexity index is 733. The lowest BCUT2D eigenvalue weighted by Crippen LogP contribution is -2.38. The van der Waals surface area contributed by atoms with Gasteiger partial charge < -0.3 is 5.11 Å². The van der Waals surface area contributed by atoms with Crippen molar-refractivity contribution in [3.8, 4) is 5.75 Å². The van der Waals surface area contributed by atoms with E-state index in [1.54, 1.807) is 0 Å². The number of hydrogen-bond acceptors (Lipinski definition) is 1. The van der Waals surface area contributed by atoms with Gasteiger partial charge in [-0.3, -0.25) is 0 Å². The number of phenolic OH excluding ortho intramolecular Hbond substituents is 1. The van der Waals surface area contributed by atoms with Crippen molar-refractivity contribution in [2.75, 3.05) is 0 Å². The fourth-order valence-corrected chi connectivity index (χ4v) is 5.65. The maximum Gasteiger partial charge on any atom is 0.115 e. The lowest BCUT2D eigenvalue weighted by molar-refractivity contribution is 0.141. The standard InChI is InChI=1S/C26H36O/c1-19(2)21-17-25(4,22-9-7-6-8-10-22)15-20(3)16-26(5,18-21)23-11-13-24(27)14-12-23/h6-14,19-21,27H,15-18H2,1-5H3. The van der Waals surface area contributed by atoms with E-state index in [2.05, 4.69) is 77.1 Å². The molecule has 146 valence electrons. The van der Waals surface area contributed by atoms with Gasteiger partial charge in [0.25, 0.3) is 0 Å². The predicted octanol–water partition coefficient (Wildman–Crippen LogP) is 7.09. The third-order valence-corrected chi connectivity index (χ3v) is 7.00. The average Bonchev–Trinajstić information content (AvgIpc) is 2.61. The summed E-state index contributed by atoms with van der Waals surface area (Å²) in [7, 11) is 0. The first-order chi connectivity index (χ1) is 12.7. The Morgan fingerprint density at radius 2 is 1.26 bits per heavy atom. The van der Waals surface area contributed by atoms with Crippen LogP contribution in [0.25, 0.3) is 0 Å². The Balaban J connectivity index is 1.96. The van der Waals surface area contributed by atoms with Gasteiger partial charge in [0, 0.05) is 0 Å². The summed E-state index contributed by atoms with van der Waals surface area (Å²) in [4.78, 5) is 0.